The zero-order chi connectivity index (χ0) is 14.4. The molecule has 6 nitrogen and oxygen atoms in total. The fraction of sp³-hybridized carbons (Fsp3) is 0.417. The van der Waals surface area contributed by atoms with Crippen LogP contribution in [0.2, 0.25) is 5.02 Å². The van der Waals surface area contributed by atoms with Crippen LogP contribution in [0.1, 0.15) is 34.8 Å². The van der Waals surface area contributed by atoms with Crippen LogP contribution in [0.3, 0.4) is 0 Å². The van der Waals surface area contributed by atoms with Gasteiger partial charge in [-0.15, -0.1) is 0 Å². The summed E-state index contributed by atoms with van der Waals surface area (Å²) in [6.45, 7) is 3.68. The van der Waals surface area contributed by atoms with Crippen LogP contribution in [0.15, 0.2) is 6.07 Å². The van der Waals surface area contributed by atoms with Crippen LogP contribution >= 0.6 is 11.6 Å². The zero-order valence-electron chi connectivity index (χ0n) is 10.9. The van der Waals surface area contributed by atoms with Gasteiger partial charge in [0.2, 0.25) is 0 Å². The average Bonchev–Trinajstić information content (AvgIpc) is 2.39. The van der Waals surface area contributed by atoms with Gasteiger partial charge < -0.3 is 14.2 Å². The number of rotatable bonds is 5. The smallest absolute Gasteiger partial charge is 0.358 e. The van der Waals surface area contributed by atoms with Gasteiger partial charge in [-0.3, -0.25) is 0 Å². The highest BCUT2D eigenvalue weighted by Gasteiger charge is 2.22. The third-order valence-corrected chi connectivity index (χ3v) is 2.46. The number of hydrogen-bond acceptors (Lipinski definition) is 6. The second-order valence-electron chi connectivity index (χ2n) is 3.31. The summed E-state index contributed by atoms with van der Waals surface area (Å²) in [5.41, 5.74) is -0.239. The van der Waals surface area contributed by atoms with Crippen LogP contribution in [0.25, 0.3) is 0 Å². The molecule has 7 heteroatoms. The van der Waals surface area contributed by atoms with Crippen molar-refractivity contribution in [1.29, 1.82) is 0 Å². The molecule has 0 aromatic carbocycles. The van der Waals surface area contributed by atoms with E-state index in [4.69, 9.17) is 25.8 Å². The molecule has 0 aliphatic carbocycles. The van der Waals surface area contributed by atoms with E-state index in [0.29, 0.717) is 0 Å². The van der Waals surface area contributed by atoms with E-state index in [-0.39, 0.29) is 35.4 Å². The van der Waals surface area contributed by atoms with Gasteiger partial charge in [-0.25, -0.2) is 14.6 Å². The third-order valence-electron chi connectivity index (χ3n) is 2.10. The molecule has 0 amide bonds. The third kappa shape index (κ3) is 3.57. The molecule has 0 saturated heterocycles. The van der Waals surface area contributed by atoms with E-state index in [1.54, 1.807) is 13.8 Å². The zero-order valence-corrected chi connectivity index (χ0v) is 11.6. The van der Waals surface area contributed by atoms with Crippen LogP contribution in [0.4, 0.5) is 0 Å². The molecule has 0 radical (unpaired) electrons. The number of hydrogen-bond donors (Lipinski definition) is 0. The van der Waals surface area contributed by atoms with Gasteiger partial charge in [-0.2, -0.15) is 0 Å². The molecule has 104 valence electrons. The Bertz CT molecular complexity index is 489. The Morgan fingerprint density at radius 2 is 1.79 bits per heavy atom. The second kappa shape index (κ2) is 6.94. The summed E-state index contributed by atoms with van der Waals surface area (Å²) >= 11 is 5.95. The van der Waals surface area contributed by atoms with Crippen molar-refractivity contribution in [2.45, 2.75) is 13.8 Å². The molecule has 0 aliphatic heterocycles. The SMILES string of the molecule is CCOC(=O)c1cc(OC)c(Cl)c(C(=O)OCC)n1. The van der Waals surface area contributed by atoms with E-state index in [9.17, 15) is 9.59 Å². The summed E-state index contributed by atoms with van der Waals surface area (Å²) in [6.07, 6.45) is 0. The number of pyridine rings is 1. The lowest BCUT2D eigenvalue weighted by Gasteiger charge is -2.10. The normalized spacial score (nSPS) is 9.89. The van der Waals surface area contributed by atoms with Crippen molar-refractivity contribution in [3.05, 3.63) is 22.5 Å². The maximum Gasteiger partial charge on any atom is 0.358 e. The number of methoxy groups -OCH3 is 1. The Hall–Kier alpha value is -1.82. The summed E-state index contributed by atoms with van der Waals surface area (Å²) in [5.74, 6) is -1.23. The minimum absolute atomic E-state index is 0.00556. The molecule has 0 atom stereocenters. The van der Waals surface area contributed by atoms with Crippen molar-refractivity contribution in [3.63, 3.8) is 0 Å². The highest BCUT2D eigenvalue weighted by molar-refractivity contribution is 6.34. The molecule has 0 spiro atoms. The highest BCUT2D eigenvalue weighted by atomic mass is 35.5. The first kappa shape index (κ1) is 15.2. The van der Waals surface area contributed by atoms with E-state index in [1.165, 1.54) is 13.2 Å². The Labute approximate surface area is 115 Å². The first-order valence-electron chi connectivity index (χ1n) is 5.63. The number of esters is 2. The van der Waals surface area contributed by atoms with Crippen molar-refractivity contribution in [1.82, 2.24) is 4.98 Å². The van der Waals surface area contributed by atoms with Crippen LogP contribution in [0.5, 0.6) is 5.75 Å². The minimum atomic E-state index is -0.725. The van der Waals surface area contributed by atoms with Gasteiger partial charge in [0.15, 0.2) is 11.4 Å². The van der Waals surface area contributed by atoms with Crippen LogP contribution < -0.4 is 4.74 Å². The number of carbonyl (C=O) groups excluding carboxylic acids is 2. The van der Waals surface area contributed by atoms with E-state index in [1.807, 2.05) is 0 Å². The second-order valence-corrected chi connectivity index (χ2v) is 3.69. The molecule has 0 fully saturated rings. The van der Waals surface area contributed by atoms with Gasteiger partial charge in [0.05, 0.1) is 20.3 Å². The molecular formula is C12H14ClNO5. The fourth-order valence-corrected chi connectivity index (χ4v) is 1.55. The molecule has 19 heavy (non-hydrogen) atoms. The quantitative estimate of drug-likeness (QED) is 0.772. The summed E-state index contributed by atoms with van der Waals surface area (Å²) in [7, 11) is 1.37. The predicted molar refractivity (Wildman–Crippen MR) is 67.7 cm³/mol. The molecule has 0 aliphatic rings. The van der Waals surface area contributed by atoms with Gasteiger partial charge in [0, 0.05) is 6.07 Å². The Kier molecular flexibility index (Phi) is 5.57. The monoisotopic (exact) mass is 287 g/mol. The first-order chi connectivity index (χ1) is 9.04. The fourth-order valence-electron chi connectivity index (χ4n) is 1.30. The van der Waals surface area contributed by atoms with Crippen molar-refractivity contribution in [2.24, 2.45) is 0 Å². The summed E-state index contributed by atoms with van der Waals surface area (Å²) < 4.78 is 14.6. The maximum absolute atomic E-state index is 11.7. The Balaban J connectivity index is 3.25. The topological polar surface area (TPSA) is 74.7 Å². The molecule has 1 heterocycles. The highest BCUT2D eigenvalue weighted by Crippen LogP contribution is 2.28. The number of aromatic nitrogens is 1. The van der Waals surface area contributed by atoms with Crippen molar-refractivity contribution < 1.29 is 23.8 Å². The van der Waals surface area contributed by atoms with Crippen LogP contribution in [-0.2, 0) is 9.47 Å². The Morgan fingerprint density at radius 3 is 2.32 bits per heavy atom. The van der Waals surface area contributed by atoms with Crippen molar-refractivity contribution in [2.75, 3.05) is 20.3 Å². The van der Waals surface area contributed by atoms with Crippen LogP contribution in [0, 0.1) is 0 Å². The van der Waals surface area contributed by atoms with Crippen LogP contribution in [-0.4, -0.2) is 37.2 Å². The lowest BCUT2D eigenvalue weighted by molar-refractivity contribution is 0.0511. The van der Waals surface area contributed by atoms with E-state index in [2.05, 4.69) is 4.98 Å². The Morgan fingerprint density at radius 1 is 1.21 bits per heavy atom. The van der Waals surface area contributed by atoms with E-state index in [0.717, 1.165) is 0 Å². The van der Waals surface area contributed by atoms with E-state index < -0.39 is 11.9 Å². The maximum atomic E-state index is 11.7. The van der Waals surface area contributed by atoms with Gasteiger partial charge >= 0.3 is 11.9 Å². The lowest BCUT2D eigenvalue weighted by atomic mass is 10.2. The van der Waals surface area contributed by atoms with Gasteiger partial charge in [-0.05, 0) is 13.8 Å². The molecule has 0 unspecified atom stereocenters. The predicted octanol–water partition coefficient (Wildman–Crippen LogP) is 2.10. The largest absolute Gasteiger partial charge is 0.495 e. The molecule has 0 bridgehead atoms. The number of carbonyl (C=O) groups is 2. The molecule has 0 N–H and O–H groups in total. The van der Waals surface area contributed by atoms with Gasteiger partial charge in [0.1, 0.15) is 10.8 Å². The summed E-state index contributed by atoms with van der Waals surface area (Å²) in [4.78, 5) is 27.2. The lowest BCUT2D eigenvalue weighted by Crippen LogP contribution is -2.14. The summed E-state index contributed by atoms with van der Waals surface area (Å²) in [5, 5.41) is -0.00556. The van der Waals surface area contributed by atoms with Crippen molar-refractivity contribution in [3.8, 4) is 5.75 Å². The van der Waals surface area contributed by atoms with Gasteiger partial charge in [-0.1, -0.05) is 11.6 Å². The standard InChI is InChI=1S/C12H14ClNO5/c1-4-18-11(15)7-6-8(17-3)9(13)10(14-7)12(16)19-5-2/h6H,4-5H2,1-3H3. The molecular weight excluding hydrogens is 274 g/mol. The average molecular weight is 288 g/mol. The molecule has 0 saturated carbocycles. The first-order valence-corrected chi connectivity index (χ1v) is 6.01. The number of ether oxygens (including phenoxy) is 3. The van der Waals surface area contributed by atoms with E-state index >= 15 is 0 Å². The molecule has 1 aromatic heterocycles. The number of halogens is 1. The van der Waals surface area contributed by atoms with Crippen molar-refractivity contribution >= 4 is 23.5 Å². The minimum Gasteiger partial charge on any atom is -0.495 e. The molecule has 1 aromatic rings. The van der Waals surface area contributed by atoms with Gasteiger partial charge in [0.25, 0.3) is 0 Å². The molecule has 1 rings (SSSR count). The number of nitrogens with zero attached hydrogens (tertiary/aromatic N) is 1. The summed E-state index contributed by atoms with van der Waals surface area (Å²) in [6, 6.07) is 1.31.